The number of nitrogens with one attached hydrogen (secondary N) is 2. The molecule has 202 valence electrons. The normalized spacial score (nSPS) is 18.3. The molecule has 10 nitrogen and oxygen atoms in total. The number of fused-ring (bicyclic) bond motifs is 1. The molecule has 0 saturated carbocycles. The van der Waals surface area contributed by atoms with E-state index in [-0.39, 0.29) is 35.3 Å². The lowest BCUT2D eigenvalue weighted by atomic mass is 9.73. The third kappa shape index (κ3) is 4.77. The van der Waals surface area contributed by atoms with Gasteiger partial charge in [-0.2, -0.15) is 0 Å². The van der Waals surface area contributed by atoms with Gasteiger partial charge in [0, 0.05) is 31.2 Å². The molecule has 1 aliphatic heterocycles. The highest BCUT2D eigenvalue weighted by Gasteiger charge is 2.47. The van der Waals surface area contributed by atoms with Crippen LogP contribution in [0.2, 0.25) is 0 Å². The molecule has 0 amide bonds. The molecule has 5 N–H and O–H groups in total. The van der Waals surface area contributed by atoms with E-state index in [1.54, 1.807) is 32.2 Å². The summed E-state index contributed by atoms with van der Waals surface area (Å²) in [6.07, 6.45) is 2.65. The van der Waals surface area contributed by atoms with Crippen molar-refractivity contribution in [2.24, 2.45) is 11.1 Å². The zero-order valence-electron chi connectivity index (χ0n) is 21.6. The number of rotatable bonds is 8. The fourth-order valence-corrected chi connectivity index (χ4v) is 6.71. The third-order valence-electron chi connectivity index (χ3n) is 7.69. The molecule has 2 heterocycles. The second-order valence-electron chi connectivity index (χ2n) is 9.94. The van der Waals surface area contributed by atoms with Crippen LogP contribution in [0.3, 0.4) is 0 Å². The number of nitrogens with two attached hydrogens (primary N) is 1. The Morgan fingerprint density at radius 2 is 1.84 bits per heavy atom. The van der Waals surface area contributed by atoms with Crippen LogP contribution < -0.4 is 25.4 Å². The number of hydrogen-bond acceptors (Lipinski definition) is 9. The number of nitrogens with zero attached hydrogens (tertiary/aromatic N) is 3. The first-order valence-electron chi connectivity index (χ1n) is 12.8. The van der Waals surface area contributed by atoms with Crippen molar-refractivity contribution in [3.05, 3.63) is 65.4 Å². The van der Waals surface area contributed by atoms with Crippen molar-refractivity contribution in [3.8, 4) is 5.75 Å². The standard InChI is InChI=1S/C27H34N6O4S/c1-18-24(32-38(35,36)20-8-4-3-5-9-20)31-25(29-13-16-34)26(30-18)33-14-11-27(12-15-33)17-19-7-6-10-21(37-2)22(19)23(27)28/h3-10,23,34H,11-17,28H2,1-2H3,(H2,29,31,32)/t23-/m1/s1. The maximum Gasteiger partial charge on any atom is 0.263 e. The van der Waals surface area contributed by atoms with Crippen LogP contribution in [-0.4, -0.2) is 56.8 Å². The van der Waals surface area contributed by atoms with Crippen LogP contribution in [0.5, 0.6) is 5.75 Å². The summed E-state index contributed by atoms with van der Waals surface area (Å²) >= 11 is 0. The Labute approximate surface area is 223 Å². The summed E-state index contributed by atoms with van der Waals surface area (Å²) in [4.78, 5) is 11.7. The van der Waals surface area contributed by atoms with E-state index in [0.717, 1.165) is 43.7 Å². The molecular formula is C27H34N6O4S. The van der Waals surface area contributed by atoms with Gasteiger partial charge in [0.2, 0.25) is 0 Å². The fraction of sp³-hybridized carbons (Fsp3) is 0.407. The second-order valence-corrected chi connectivity index (χ2v) is 11.6. The van der Waals surface area contributed by atoms with Crippen molar-refractivity contribution in [3.63, 3.8) is 0 Å². The van der Waals surface area contributed by atoms with Crippen molar-refractivity contribution < 1.29 is 18.3 Å². The lowest BCUT2D eigenvalue weighted by Crippen LogP contribution is -2.45. The lowest BCUT2D eigenvalue weighted by molar-refractivity contribution is 0.186. The summed E-state index contributed by atoms with van der Waals surface area (Å²) < 4.78 is 34.0. The maximum absolute atomic E-state index is 12.9. The van der Waals surface area contributed by atoms with Gasteiger partial charge in [-0.15, -0.1) is 0 Å². The summed E-state index contributed by atoms with van der Waals surface area (Å²) in [7, 11) is -2.15. The number of sulfonamides is 1. The highest BCUT2D eigenvalue weighted by molar-refractivity contribution is 7.92. The van der Waals surface area contributed by atoms with Crippen LogP contribution in [0.4, 0.5) is 17.5 Å². The molecule has 0 unspecified atom stereocenters. The van der Waals surface area contributed by atoms with E-state index < -0.39 is 10.0 Å². The van der Waals surface area contributed by atoms with Gasteiger partial charge >= 0.3 is 0 Å². The number of ether oxygens (including phenoxy) is 1. The zero-order chi connectivity index (χ0) is 26.9. The van der Waals surface area contributed by atoms with Crippen molar-refractivity contribution >= 4 is 27.5 Å². The first-order chi connectivity index (χ1) is 18.3. The molecule has 1 saturated heterocycles. The van der Waals surface area contributed by atoms with Crippen molar-refractivity contribution in [1.82, 2.24) is 9.97 Å². The van der Waals surface area contributed by atoms with Gasteiger partial charge in [-0.1, -0.05) is 30.3 Å². The molecule has 1 fully saturated rings. The minimum absolute atomic E-state index is 0.0557. The van der Waals surface area contributed by atoms with Gasteiger partial charge in [0.05, 0.1) is 24.3 Å². The summed E-state index contributed by atoms with van der Waals surface area (Å²) in [5.41, 5.74) is 9.60. The van der Waals surface area contributed by atoms with Crippen molar-refractivity contribution in [2.75, 3.05) is 48.3 Å². The quantitative estimate of drug-likeness (QED) is 0.340. The number of benzene rings is 2. The zero-order valence-corrected chi connectivity index (χ0v) is 22.5. The summed E-state index contributed by atoms with van der Waals surface area (Å²) in [6.45, 7) is 3.34. The van der Waals surface area contributed by atoms with E-state index in [2.05, 4.69) is 26.0 Å². The SMILES string of the molecule is COc1cccc2c1[C@@H](N)C1(CCN(c3nc(C)c(NS(=O)(=O)c4ccccc4)nc3NCCO)CC1)C2. The molecular weight excluding hydrogens is 504 g/mol. The van der Waals surface area contributed by atoms with Crippen molar-refractivity contribution in [2.45, 2.75) is 37.1 Å². The number of piperidine rings is 1. The number of aryl methyl sites for hydroxylation is 1. The molecule has 0 bridgehead atoms. The average Bonchev–Trinajstić information content (AvgIpc) is 3.20. The minimum Gasteiger partial charge on any atom is -0.496 e. The van der Waals surface area contributed by atoms with Crippen LogP contribution in [0.15, 0.2) is 53.4 Å². The Morgan fingerprint density at radius 3 is 2.53 bits per heavy atom. The Morgan fingerprint density at radius 1 is 1.11 bits per heavy atom. The van der Waals surface area contributed by atoms with Gasteiger partial charge < -0.3 is 25.8 Å². The summed E-state index contributed by atoms with van der Waals surface area (Å²) in [5.74, 6) is 2.05. The minimum atomic E-state index is -3.83. The van der Waals surface area contributed by atoms with Gasteiger partial charge in [-0.25, -0.2) is 18.4 Å². The Kier molecular flexibility index (Phi) is 7.17. The number of aliphatic hydroxyl groups is 1. The van der Waals surface area contributed by atoms with E-state index >= 15 is 0 Å². The smallest absolute Gasteiger partial charge is 0.263 e. The van der Waals surface area contributed by atoms with E-state index in [0.29, 0.717) is 17.3 Å². The number of methoxy groups -OCH3 is 1. The molecule has 1 spiro atoms. The Bertz CT molecular complexity index is 1410. The predicted octanol–water partition coefficient (Wildman–Crippen LogP) is 2.84. The molecule has 3 aromatic rings. The van der Waals surface area contributed by atoms with Crippen LogP contribution in [0, 0.1) is 12.3 Å². The fourth-order valence-electron chi connectivity index (χ4n) is 5.63. The van der Waals surface area contributed by atoms with E-state index in [4.69, 9.17) is 15.5 Å². The summed E-state index contributed by atoms with van der Waals surface area (Å²) in [6, 6.07) is 14.2. The third-order valence-corrected chi connectivity index (χ3v) is 9.04. The molecule has 5 rings (SSSR count). The monoisotopic (exact) mass is 538 g/mol. The molecule has 1 atom stereocenters. The lowest BCUT2D eigenvalue weighted by Gasteiger charge is -2.43. The van der Waals surface area contributed by atoms with E-state index in [1.807, 2.05) is 12.1 Å². The number of aliphatic hydroxyl groups excluding tert-OH is 1. The first-order valence-corrected chi connectivity index (χ1v) is 14.2. The van der Waals surface area contributed by atoms with Gasteiger partial charge in [-0.3, -0.25) is 4.72 Å². The average molecular weight is 539 g/mol. The molecule has 11 heteroatoms. The molecule has 38 heavy (non-hydrogen) atoms. The maximum atomic E-state index is 12.9. The molecule has 1 aliphatic carbocycles. The molecule has 0 radical (unpaired) electrons. The van der Waals surface area contributed by atoms with Gasteiger partial charge in [0.15, 0.2) is 17.5 Å². The summed E-state index contributed by atoms with van der Waals surface area (Å²) in [5, 5.41) is 12.5. The predicted molar refractivity (Wildman–Crippen MR) is 147 cm³/mol. The Balaban J connectivity index is 1.39. The largest absolute Gasteiger partial charge is 0.496 e. The van der Waals surface area contributed by atoms with E-state index in [9.17, 15) is 13.5 Å². The van der Waals surface area contributed by atoms with Gasteiger partial charge in [0.1, 0.15) is 5.75 Å². The van der Waals surface area contributed by atoms with Crippen molar-refractivity contribution in [1.29, 1.82) is 0 Å². The van der Waals surface area contributed by atoms with Crippen LogP contribution in [0.25, 0.3) is 0 Å². The number of anilines is 3. The highest BCUT2D eigenvalue weighted by atomic mass is 32.2. The van der Waals surface area contributed by atoms with Gasteiger partial charge in [-0.05, 0) is 55.4 Å². The second kappa shape index (κ2) is 10.4. The van der Waals surface area contributed by atoms with Gasteiger partial charge in [0.25, 0.3) is 10.0 Å². The first kappa shape index (κ1) is 26.2. The highest BCUT2D eigenvalue weighted by Crippen LogP contribution is 2.53. The molecule has 2 aliphatic rings. The molecule has 1 aromatic heterocycles. The van der Waals surface area contributed by atoms with E-state index in [1.165, 1.54) is 17.7 Å². The topological polar surface area (TPSA) is 143 Å². The van der Waals surface area contributed by atoms with Crippen LogP contribution in [0.1, 0.15) is 35.7 Å². The van der Waals surface area contributed by atoms with Crippen LogP contribution in [-0.2, 0) is 16.4 Å². The Hall–Kier alpha value is -3.41. The van der Waals surface area contributed by atoms with Crippen LogP contribution >= 0.6 is 0 Å². The molecule has 2 aromatic carbocycles. The number of hydrogen-bond donors (Lipinski definition) is 4. The number of aromatic nitrogens is 2.